The van der Waals surface area contributed by atoms with Crippen molar-refractivity contribution in [2.75, 3.05) is 12.3 Å². The van der Waals surface area contributed by atoms with Crippen molar-refractivity contribution in [3.63, 3.8) is 0 Å². The molecule has 0 saturated heterocycles. The SMILES string of the molecule is O=C(CSc1nc2ccccc2c(=O)n1CCc1cccs1)NCCC1=CCCCC1. The van der Waals surface area contributed by atoms with Gasteiger partial charge in [0.05, 0.1) is 16.7 Å². The number of para-hydroxylation sites is 1. The number of nitrogens with zero attached hydrogens (tertiary/aromatic N) is 2. The van der Waals surface area contributed by atoms with Crippen molar-refractivity contribution in [2.45, 2.75) is 50.2 Å². The van der Waals surface area contributed by atoms with Crippen LogP contribution in [0.15, 0.2) is 63.4 Å². The molecule has 162 valence electrons. The Bertz CT molecular complexity index is 1120. The Morgan fingerprint density at radius 3 is 2.87 bits per heavy atom. The van der Waals surface area contributed by atoms with E-state index in [2.05, 4.69) is 17.5 Å². The highest BCUT2D eigenvalue weighted by atomic mass is 32.2. The number of hydrogen-bond acceptors (Lipinski definition) is 5. The van der Waals surface area contributed by atoms with Crippen molar-refractivity contribution in [3.8, 4) is 0 Å². The molecule has 0 radical (unpaired) electrons. The average molecular weight is 454 g/mol. The van der Waals surface area contributed by atoms with Crippen molar-refractivity contribution in [1.29, 1.82) is 0 Å². The van der Waals surface area contributed by atoms with Crippen molar-refractivity contribution < 1.29 is 4.79 Å². The maximum atomic E-state index is 13.1. The number of aromatic nitrogens is 2. The van der Waals surface area contributed by atoms with Crippen LogP contribution >= 0.6 is 23.1 Å². The molecule has 2 aromatic heterocycles. The lowest BCUT2D eigenvalue weighted by Gasteiger charge is -2.14. The second-order valence-electron chi connectivity index (χ2n) is 7.69. The van der Waals surface area contributed by atoms with Crippen LogP contribution in [0.5, 0.6) is 0 Å². The van der Waals surface area contributed by atoms with E-state index >= 15 is 0 Å². The van der Waals surface area contributed by atoms with Crippen molar-refractivity contribution in [3.05, 3.63) is 68.7 Å². The molecule has 0 fully saturated rings. The van der Waals surface area contributed by atoms with Crippen LogP contribution in [0.3, 0.4) is 0 Å². The molecule has 7 heteroatoms. The van der Waals surface area contributed by atoms with Gasteiger partial charge in [-0.1, -0.05) is 41.6 Å². The van der Waals surface area contributed by atoms with E-state index in [1.165, 1.54) is 35.1 Å². The fraction of sp³-hybridized carbons (Fsp3) is 0.375. The topological polar surface area (TPSA) is 64.0 Å². The van der Waals surface area contributed by atoms with E-state index in [1.54, 1.807) is 15.9 Å². The second kappa shape index (κ2) is 10.8. The van der Waals surface area contributed by atoms with Gasteiger partial charge in [0.25, 0.3) is 5.56 Å². The highest BCUT2D eigenvalue weighted by Crippen LogP contribution is 2.20. The van der Waals surface area contributed by atoms with E-state index in [1.807, 2.05) is 35.7 Å². The first-order chi connectivity index (χ1) is 15.2. The lowest BCUT2D eigenvalue weighted by molar-refractivity contribution is -0.118. The van der Waals surface area contributed by atoms with Crippen LogP contribution in [-0.4, -0.2) is 27.8 Å². The van der Waals surface area contributed by atoms with Crippen LogP contribution in [-0.2, 0) is 17.8 Å². The minimum Gasteiger partial charge on any atom is -0.355 e. The minimum absolute atomic E-state index is 0.0198. The molecule has 3 aromatic rings. The summed E-state index contributed by atoms with van der Waals surface area (Å²) in [6.45, 7) is 1.22. The molecule has 0 spiro atoms. The third-order valence-corrected chi connectivity index (χ3v) is 7.39. The molecule has 2 heterocycles. The first-order valence-corrected chi connectivity index (χ1v) is 12.7. The maximum Gasteiger partial charge on any atom is 0.262 e. The first-order valence-electron chi connectivity index (χ1n) is 10.8. The fourth-order valence-electron chi connectivity index (χ4n) is 3.81. The predicted molar refractivity (Wildman–Crippen MR) is 129 cm³/mol. The van der Waals surface area contributed by atoms with Crippen molar-refractivity contribution in [1.82, 2.24) is 14.9 Å². The number of rotatable bonds is 9. The lowest BCUT2D eigenvalue weighted by atomic mass is 9.97. The highest BCUT2D eigenvalue weighted by molar-refractivity contribution is 7.99. The van der Waals surface area contributed by atoms with Gasteiger partial charge in [-0.25, -0.2) is 4.98 Å². The summed E-state index contributed by atoms with van der Waals surface area (Å²) in [4.78, 5) is 31.4. The molecular formula is C24H27N3O2S2. The number of thiophene rings is 1. The van der Waals surface area contributed by atoms with Gasteiger partial charge < -0.3 is 5.32 Å². The molecule has 0 aliphatic heterocycles. The lowest BCUT2D eigenvalue weighted by Crippen LogP contribution is -2.28. The molecule has 1 aliphatic carbocycles. The second-order valence-corrected chi connectivity index (χ2v) is 9.67. The van der Waals surface area contributed by atoms with Gasteiger partial charge in [-0.3, -0.25) is 14.2 Å². The Hall–Kier alpha value is -2.38. The molecule has 0 atom stereocenters. The molecule has 1 N–H and O–H groups in total. The molecule has 0 unspecified atom stereocenters. The monoisotopic (exact) mass is 453 g/mol. The highest BCUT2D eigenvalue weighted by Gasteiger charge is 2.14. The molecular weight excluding hydrogens is 426 g/mol. The third kappa shape index (κ3) is 5.86. The van der Waals surface area contributed by atoms with E-state index in [0.29, 0.717) is 29.1 Å². The number of aryl methyl sites for hydroxylation is 1. The van der Waals surface area contributed by atoms with Gasteiger partial charge in [-0.15, -0.1) is 11.3 Å². The molecule has 1 amide bonds. The summed E-state index contributed by atoms with van der Waals surface area (Å²) >= 11 is 3.02. The molecule has 1 aromatic carbocycles. The van der Waals surface area contributed by atoms with Gasteiger partial charge in [0.15, 0.2) is 5.16 Å². The number of thioether (sulfide) groups is 1. The number of fused-ring (bicyclic) bond motifs is 1. The zero-order valence-corrected chi connectivity index (χ0v) is 19.1. The standard InChI is InChI=1S/C24H27N3O2S2/c28-22(25-14-12-18-7-2-1-3-8-18)17-31-24-26-21-11-5-4-10-20(21)23(29)27(24)15-13-19-9-6-16-30-19/h4-7,9-11,16H,1-3,8,12-15,17H2,(H,25,28). The minimum atomic E-state index is -0.0469. The summed E-state index contributed by atoms with van der Waals surface area (Å²) in [6, 6.07) is 11.5. The predicted octanol–water partition coefficient (Wildman–Crippen LogP) is 4.80. The normalized spacial score (nSPS) is 13.9. The van der Waals surface area contributed by atoms with E-state index in [-0.39, 0.29) is 17.2 Å². The van der Waals surface area contributed by atoms with Gasteiger partial charge in [-0.05, 0) is 62.1 Å². The van der Waals surface area contributed by atoms with E-state index < -0.39 is 0 Å². The maximum absolute atomic E-state index is 13.1. The van der Waals surface area contributed by atoms with Crippen LogP contribution < -0.4 is 10.9 Å². The summed E-state index contributed by atoms with van der Waals surface area (Å²) in [5, 5.41) is 6.27. The molecule has 0 bridgehead atoms. The quantitative estimate of drug-likeness (QED) is 0.287. The van der Waals surface area contributed by atoms with Gasteiger partial charge >= 0.3 is 0 Å². The zero-order chi connectivity index (χ0) is 21.5. The van der Waals surface area contributed by atoms with Crippen LogP contribution in [0.1, 0.15) is 37.0 Å². The van der Waals surface area contributed by atoms with E-state index in [9.17, 15) is 9.59 Å². The summed E-state index contributed by atoms with van der Waals surface area (Å²) in [7, 11) is 0. The number of amides is 1. The Labute approximate surface area is 190 Å². The largest absolute Gasteiger partial charge is 0.355 e. The first kappa shape index (κ1) is 21.8. The molecule has 1 aliphatic rings. The van der Waals surface area contributed by atoms with Crippen molar-refractivity contribution in [2.24, 2.45) is 0 Å². The average Bonchev–Trinajstić information content (AvgIpc) is 3.32. The molecule has 4 rings (SSSR count). The van der Waals surface area contributed by atoms with E-state index in [0.717, 1.165) is 25.7 Å². The number of nitrogens with one attached hydrogen (secondary N) is 1. The van der Waals surface area contributed by atoms with E-state index in [4.69, 9.17) is 4.98 Å². The third-order valence-electron chi connectivity index (χ3n) is 5.47. The summed E-state index contributed by atoms with van der Waals surface area (Å²) in [5.74, 6) is 0.233. The smallest absolute Gasteiger partial charge is 0.262 e. The van der Waals surface area contributed by atoms with Crippen molar-refractivity contribution >= 4 is 39.9 Å². The van der Waals surface area contributed by atoms with Crippen LogP contribution in [0.4, 0.5) is 0 Å². The van der Waals surface area contributed by atoms with Gasteiger partial charge in [0.1, 0.15) is 0 Å². The molecule has 5 nitrogen and oxygen atoms in total. The summed E-state index contributed by atoms with van der Waals surface area (Å²) in [5.41, 5.74) is 2.08. The Balaban J connectivity index is 1.42. The fourth-order valence-corrected chi connectivity index (χ4v) is 5.36. The molecule has 0 saturated carbocycles. The van der Waals surface area contributed by atoms with Crippen LogP contribution in [0.2, 0.25) is 0 Å². The Morgan fingerprint density at radius 1 is 1.16 bits per heavy atom. The Morgan fingerprint density at radius 2 is 2.06 bits per heavy atom. The number of benzene rings is 1. The number of carbonyl (C=O) groups excluding carboxylic acids is 1. The van der Waals surface area contributed by atoms with Crippen LogP contribution in [0, 0.1) is 0 Å². The van der Waals surface area contributed by atoms with Crippen LogP contribution in [0.25, 0.3) is 10.9 Å². The number of allylic oxidation sites excluding steroid dienone is 1. The van der Waals surface area contributed by atoms with Gasteiger partial charge in [0, 0.05) is 18.0 Å². The molecule has 31 heavy (non-hydrogen) atoms. The van der Waals surface area contributed by atoms with Gasteiger partial charge in [0.2, 0.25) is 5.91 Å². The number of hydrogen-bond donors (Lipinski definition) is 1. The van der Waals surface area contributed by atoms with Gasteiger partial charge in [-0.2, -0.15) is 0 Å². The Kier molecular flexibility index (Phi) is 7.59. The summed E-state index contributed by atoms with van der Waals surface area (Å²) in [6.07, 6.45) is 8.86. The zero-order valence-electron chi connectivity index (χ0n) is 17.5. The number of carbonyl (C=O) groups is 1. The summed E-state index contributed by atoms with van der Waals surface area (Å²) < 4.78 is 1.72.